The van der Waals surface area contributed by atoms with E-state index in [-0.39, 0.29) is 0 Å². The third kappa shape index (κ3) is 3.21. The normalized spacial score (nSPS) is 14.4. The summed E-state index contributed by atoms with van der Waals surface area (Å²) >= 11 is 0. The van der Waals surface area contributed by atoms with Crippen molar-refractivity contribution in [1.82, 2.24) is 15.0 Å². The lowest BCUT2D eigenvalue weighted by molar-refractivity contribution is 0.807. The Bertz CT molecular complexity index is 386. The van der Waals surface area contributed by atoms with E-state index in [9.17, 15) is 0 Å². The molecule has 0 radical (unpaired) electrons. The van der Waals surface area contributed by atoms with Gasteiger partial charge in [0.1, 0.15) is 0 Å². The van der Waals surface area contributed by atoms with Crippen LogP contribution in [0.15, 0.2) is 0 Å². The Hall–Kier alpha value is -1.59. The molecule has 0 aliphatic heterocycles. The first kappa shape index (κ1) is 12.9. The minimum Gasteiger partial charge on any atom is -0.357 e. The molecule has 6 heteroatoms. The van der Waals surface area contributed by atoms with Gasteiger partial charge in [-0.1, -0.05) is 0 Å². The number of anilines is 3. The van der Waals surface area contributed by atoms with Crippen LogP contribution in [0.1, 0.15) is 26.7 Å². The maximum Gasteiger partial charge on any atom is 0.231 e. The smallest absolute Gasteiger partial charge is 0.231 e. The number of hydrogen-bond donors (Lipinski definition) is 2. The number of aromatic nitrogens is 3. The standard InChI is InChI=1S/C12H22N6/c1-4-18(5-2)12-16-10(13-3)15-11(17-12)14-8-9-6-7-9/h9H,4-8H2,1-3H3,(H2,13,14,15,16,17). The monoisotopic (exact) mass is 250 g/mol. The lowest BCUT2D eigenvalue weighted by atomic mass is 10.4. The molecule has 1 saturated carbocycles. The number of nitrogens with zero attached hydrogens (tertiary/aromatic N) is 4. The van der Waals surface area contributed by atoms with Crippen molar-refractivity contribution in [1.29, 1.82) is 0 Å². The molecular formula is C12H22N6. The lowest BCUT2D eigenvalue weighted by Gasteiger charge is -2.19. The van der Waals surface area contributed by atoms with Gasteiger partial charge in [-0.15, -0.1) is 0 Å². The molecule has 6 nitrogen and oxygen atoms in total. The molecule has 100 valence electrons. The largest absolute Gasteiger partial charge is 0.357 e. The van der Waals surface area contributed by atoms with Crippen molar-refractivity contribution in [3.8, 4) is 0 Å². The highest BCUT2D eigenvalue weighted by molar-refractivity contribution is 5.43. The van der Waals surface area contributed by atoms with Gasteiger partial charge in [-0.25, -0.2) is 0 Å². The first-order valence-corrected chi connectivity index (χ1v) is 6.69. The molecule has 18 heavy (non-hydrogen) atoms. The van der Waals surface area contributed by atoms with Crippen molar-refractivity contribution < 1.29 is 0 Å². The Morgan fingerprint density at radius 3 is 2.33 bits per heavy atom. The second-order valence-electron chi connectivity index (χ2n) is 4.53. The number of nitrogens with one attached hydrogen (secondary N) is 2. The molecule has 1 aliphatic rings. The summed E-state index contributed by atoms with van der Waals surface area (Å²) in [4.78, 5) is 15.3. The molecule has 1 aliphatic carbocycles. The topological polar surface area (TPSA) is 66.0 Å². The summed E-state index contributed by atoms with van der Waals surface area (Å²) in [6.07, 6.45) is 2.64. The first-order chi connectivity index (χ1) is 8.76. The molecule has 0 aromatic carbocycles. The minimum atomic E-state index is 0.616. The van der Waals surface area contributed by atoms with Crippen molar-refractivity contribution in [2.24, 2.45) is 5.92 Å². The molecule has 0 amide bonds. The van der Waals surface area contributed by atoms with Gasteiger partial charge >= 0.3 is 0 Å². The molecule has 0 spiro atoms. The molecule has 0 saturated heterocycles. The van der Waals surface area contributed by atoms with Crippen LogP contribution in [0.5, 0.6) is 0 Å². The van der Waals surface area contributed by atoms with Crippen LogP contribution in [0.3, 0.4) is 0 Å². The van der Waals surface area contributed by atoms with Gasteiger partial charge in [-0.2, -0.15) is 15.0 Å². The van der Waals surface area contributed by atoms with E-state index in [1.807, 2.05) is 7.05 Å². The Kier molecular flexibility index (Phi) is 4.17. The summed E-state index contributed by atoms with van der Waals surface area (Å²) in [7, 11) is 1.83. The molecule has 1 aromatic rings. The number of rotatable bonds is 7. The van der Waals surface area contributed by atoms with Crippen molar-refractivity contribution in [3.05, 3.63) is 0 Å². The second-order valence-corrected chi connectivity index (χ2v) is 4.53. The van der Waals surface area contributed by atoms with Gasteiger partial charge in [0.15, 0.2) is 0 Å². The SMILES string of the molecule is CCN(CC)c1nc(NC)nc(NCC2CC2)n1. The first-order valence-electron chi connectivity index (χ1n) is 6.69. The van der Waals surface area contributed by atoms with Crippen LogP contribution in [-0.2, 0) is 0 Å². The average Bonchev–Trinajstić information content (AvgIpc) is 3.21. The summed E-state index contributed by atoms with van der Waals surface area (Å²) in [6.45, 7) is 6.95. The van der Waals surface area contributed by atoms with Crippen LogP contribution in [-0.4, -0.2) is 41.6 Å². The van der Waals surface area contributed by atoms with Gasteiger partial charge in [0, 0.05) is 26.7 Å². The average molecular weight is 250 g/mol. The quantitative estimate of drug-likeness (QED) is 0.766. The van der Waals surface area contributed by atoms with E-state index in [0.717, 1.165) is 31.5 Å². The fourth-order valence-electron chi connectivity index (χ4n) is 1.76. The molecule has 0 bridgehead atoms. The predicted molar refractivity (Wildman–Crippen MR) is 74.1 cm³/mol. The van der Waals surface area contributed by atoms with Crippen LogP contribution < -0.4 is 15.5 Å². The van der Waals surface area contributed by atoms with E-state index >= 15 is 0 Å². The Morgan fingerprint density at radius 2 is 1.78 bits per heavy atom. The van der Waals surface area contributed by atoms with Gasteiger partial charge < -0.3 is 15.5 Å². The van der Waals surface area contributed by atoms with Gasteiger partial charge in [0.05, 0.1) is 0 Å². The van der Waals surface area contributed by atoms with Crippen molar-refractivity contribution in [3.63, 3.8) is 0 Å². The van der Waals surface area contributed by atoms with Crippen LogP contribution in [0.2, 0.25) is 0 Å². The Balaban J connectivity index is 2.13. The molecule has 1 heterocycles. The number of hydrogen-bond acceptors (Lipinski definition) is 6. The zero-order chi connectivity index (χ0) is 13.0. The van der Waals surface area contributed by atoms with Crippen LogP contribution >= 0.6 is 0 Å². The highest BCUT2D eigenvalue weighted by Crippen LogP contribution is 2.28. The summed E-state index contributed by atoms with van der Waals surface area (Å²) in [5, 5.41) is 6.28. The van der Waals surface area contributed by atoms with Gasteiger partial charge in [0.2, 0.25) is 17.8 Å². The highest BCUT2D eigenvalue weighted by Gasteiger charge is 2.21. The predicted octanol–water partition coefficient (Wildman–Crippen LogP) is 1.58. The fourth-order valence-corrected chi connectivity index (χ4v) is 1.76. The molecule has 0 atom stereocenters. The molecule has 1 fully saturated rings. The summed E-state index contributed by atoms with van der Waals surface area (Å²) in [6, 6.07) is 0. The van der Waals surface area contributed by atoms with Crippen molar-refractivity contribution in [2.75, 3.05) is 42.2 Å². The molecule has 2 N–H and O–H groups in total. The zero-order valence-electron chi connectivity index (χ0n) is 11.4. The summed E-state index contributed by atoms with van der Waals surface area (Å²) in [5.74, 6) is 2.82. The minimum absolute atomic E-state index is 0.616. The third-order valence-corrected chi connectivity index (χ3v) is 3.14. The van der Waals surface area contributed by atoms with E-state index in [0.29, 0.717) is 11.9 Å². The summed E-state index contributed by atoms with van der Waals surface area (Å²) in [5.41, 5.74) is 0. The van der Waals surface area contributed by atoms with Crippen LogP contribution in [0, 0.1) is 5.92 Å². The maximum absolute atomic E-state index is 4.48. The third-order valence-electron chi connectivity index (χ3n) is 3.14. The molecule has 0 unspecified atom stereocenters. The zero-order valence-corrected chi connectivity index (χ0v) is 11.4. The van der Waals surface area contributed by atoms with E-state index in [2.05, 4.69) is 44.3 Å². The van der Waals surface area contributed by atoms with E-state index in [4.69, 9.17) is 0 Å². The van der Waals surface area contributed by atoms with Gasteiger partial charge in [-0.05, 0) is 32.6 Å². The van der Waals surface area contributed by atoms with E-state index in [1.54, 1.807) is 0 Å². The van der Waals surface area contributed by atoms with Crippen LogP contribution in [0.25, 0.3) is 0 Å². The van der Waals surface area contributed by atoms with Crippen LogP contribution in [0.4, 0.5) is 17.8 Å². The lowest BCUT2D eigenvalue weighted by Crippen LogP contribution is -2.25. The molecular weight excluding hydrogens is 228 g/mol. The second kappa shape index (κ2) is 5.84. The Morgan fingerprint density at radius 1 is 1.11 bits per heavy atom. The highest BCUT2D eigenvalue weighted by atomic mass is 15.3. The van der Waals surface area contributed by atoms with Crippen molar-refractivity contribution >= 4 is 17.8 Å². The van der Waals surface area contributed by atoms with Gasteiger partial charge in [-0.3, -0.25) is 0 Å². The fraction of sp³-hybridized carbons (Fsp3) is 0.750. The molecule has 2 rings (SSSR count). The molecule has 1 aromatic heterocycles. The van der Waals surface area contributed by atoms with Crippen molar-refractivity contribution in [2.45, 2.75) is 26.7 Å². The summed E-state index contributed by atoms with van der Waals surface area (Å²) < 4.78 is 0. The Labute approximate surface area is 108 Å². The van der Waals surface area contributed by atoms with E-state index < -0.39 is 0 Å². The van der Waals surface area contributed by atoms with E-state index in [1.165, 1.54) is 12.8 Å². The van der Waals surface area contributed by atoms with Gasteiger partial charge in [0.25, 0.3) is 0 Å². The maximum atomic E-state index is 4.48.